The molecule has 3 aromatic rings. The SMILES string of the molecule is O=C(NCc1cccc(F)c1)NCc1nc(-c2cc[nH]c(=O)c2)no1. The van der Waals surface area contributed by atoms with Crippen molar-refractivity contribution in [2.24, 2.45) is 0 Å². The highest BCUT2D eigenvalue weighted by Gasteiger charge is 2.10. The number of nitrogens with one attached hydrogen (secondary N) is 3. The number of carbonyl (C=O) groups is 1. The smallest absolute Gasteiger partial charge is 0.315 e. The molecule has 2 amide bonds. The van der Waals surface area contributed by atoms with Gasteiger partial charge < -0.3 is 20.1 Å². The second-order valence-electron chi connectivity index (χ2n) is 5.12. The van der Waals surface area contributed by atoms with E-state index >= 15 is 0 Å². The number of carbonyl (C=O) groups excluding carboxylic acids is 1. The molecule has 0 saturated heterocycles. The van der Waals surface area contributed by atoms with Gasteiger partial charge in [0.25, 0.3) is 0 Å². The molecule has 9 heteroatoms. The number of benzene rings is 1. The van der Waals surface area contributed by atoms with Crippen molar-refractivity contribution >= 4 is 6.03 Å². The molecule has 0 radical (unpaired) electrons. The first-order valence-corrected chi connectivity index (χ1v) is 7.38. The highest BCUT2D eigenvalue weighted by atomic mass is 19.1. The van der Waals surface area contributed by atoms with Gasteiger partial charge in [-0.3, -0.25) is 4.79 Å². The lowest BCUT2D eigenvalue weighted by Gasteiger charge is -2.06. The Labute approximate surface area is 141 Å². The molecule has 2 heterocycles. The van der Waals surface area contributed by atoms with Crippen LogP contribution in [0, 0.1) is 5.82 Å². The quantitative estimate of drug-likeness (QED) is 0.651. The number of aromatic nitrogens is 3. The molecule has 0 saturated carbocycles. The Morgan fingerprint density at radius 2 is 2.04 bits per heavy atom. The summed E-state index contributed by atoms with van der Waals surface area (Å²) >= 11 is 0. The summed E-state index contributed by atoms with van der Waals surface area (Å²) in [6.45, 7) is 0.205. The van der Waals surface area contributed by atoms with Crippen molar-refractivity contribution in [3.63, 3.8) is 0 Å². The van der Waals surface area contributed by atoms with E-state index in [1.807, 2.05) is 0 Å². The summed E-state index contributed by atoms with van der Waals surface area (Å²) in [5.41, 5.74) is 0.873. The van der Waals surface area contributed by atoms with Gasteiger partial charge in [-0.25, -0.2) is 9.18 Å². The standard InChI is InChI=1S/C16H14FN5O3/c17-12-3-1-2-10(6-12)8-19-16(24)20-9-14-21-15(22-25-14)11-4-5-18-13(23)7-11/h1-7H,8-9H2,(H,18,23)(H2,19,20,24). The molecule has 0 spiro atoms. The van der Waals surface area contributed by atoms with Crippen molar-refractivity contribution in [3.05, 3.63) is 70.2 Å². The van der Waals surface area contributed by atoms with Gasteiger partial charge >= 0.3 is 6.03 Å². The van der Waals surface area contributed by atoms with Crippen molar-refractivity contribution in [2.75, 3.05) is 0 Å². The summed E-state index contributed by atoms with van der Waals surface area (Å²) < 4.78 is 18.1. The van der Waals surface area contributed by atoms with Crippen LogP contribution >= 0.6 is 0 Å². The summed E-state index contributed by atoms with van der Waals surface area (Å²) in [6, 6.07) is 8.46. The molecule has 0 aliphatic heterocycles. The first-order valence-electron chi connectivity index (χ1n) is 7.38. The van der Waals surface area contributed by atoms with Crippen LogP contribution in [0.5, 0.6) is 0 Å². The molecule has 1 aromatic carbocycles. The van der Waals surface area contributed by atoms with E-state index < -0.39 is 6.03 Å². The van der Waals surface area contributed by atoms with E-state index in [1.165, 1.54) is 24.4 Å². The van der Waals surface area contributed by atoms with Gasteiger partial charge in [0.05, 0.1) is 6.54 Å². The van der Waals surface area contributed by atoms with Crippen molar-refractivity contribution in [1.29, 1.82) is 0 Å². The van der Waals surface area contributed by atoms with Gasteiger partial charge in [-0.15, -0.1) is 0 Å². The molecule has 0 aliphatic rings. The Morgan fingerprint density at radius 3 is 2.84 bits per heavy atom. The van der Waals surface area contributed by atoms with Crippen LogP contribution < -0.4 is 16.2 Å². The predicted molar refractivity (Wildman–Crippen MR) is 85.8 cm³/mol. The Bertz CT molecular complexity index is 937. The number of rotatable bonds is 5. The molecule has 128 valence electrons. The molecular formula is C16H14FN5O3. The van der Waals surface area contributed by atoms with Gasteiger partial charge in [-0.05, 0) is 23.8 Å². The molecule has 0 aliphatic carbocycles. The predicted octanol–water partition coefficient (Wildman–Crippen LogP) is 1.56. The van der Waals surface area contributed by atoms with Crippen LogP contribution in [0.2, 0.25) is 0 Å². The van der Waals surface area contributed by atoms with E-state index in [9.17, 15) is 14.0 Å². The van der Waals surface area contributed by atoms with Gasteiger partial charge in [0.15, 0.2) is 0 Å². The van der Waals surface area contributed by atoms with Gasteiger partial charge in [0, 0.05) is 24.4 Å². The Balaban J connectivity index is 1.52. The topological polar surface area (TPSA) is 113 Å². The van der Waals surface area contributed by atoms with Crippen molar-refractivity contribution in [1.82, 2.24) is 25.8 Å². The van der Waals surface area contributed by atoms with Crippen LogP contribution in [-0.4, -0.2) is 21.2 Å². The zero-order valence-corrected chi connectivity index (χ0v) is 13.0. The number of halogens is 1. The third-order valence-electron chi connectivity index (χ3n) is 3.24. The molecule has 3 N–H and O–H groups in total. The van der Waals surface area contributed by atoms with Crippen molar-refractivity contribution in [2.45, 2.75) is 13.1 Å². The molecule has 25 heavy (non-hydrogen) atoms. The fourth-order valence-electron chi connectivity index (χ4n) is 2.08. The molecule has 0 fully saturated rings. The van der Waals surface area contributed by atoms with Gasteiger partial charge in [-0.2, -0.15) is 4.98 Å². The van der Waals surface area contributed by atoms with Crippen LogP contribution in [0.3, 0.4) is 0 Å². The third-order valence-corrected chi connectivity index (χ3v) is 3.24. The average molecular weight is 343 g/mol. The molecule has 8 nitrogen and oxygen atoms in total. The number of amides is 2. The first-order chi connectivity index (χ1) is 12.1. The van der Waals surface area contributed by atoms with Crippen LogP contribution in [0.25, 0.3) is 11.4 Å². The normalized spacial score (nSPS) is 10.4. The Hall–Kier alpha value is -3.49. The minimum absolute atomic E-state index is 0.0190. The van der Waals surface area contributed by atoms with E-state index in [4.69, 9.17) is 4.52 Å². The number of hydrogen-bond acceptors (Lipinski definition) is 5. The summed E-state index contributed by atoms with van der Waals surface area (Å²) in [7, 11) is 0. The monoisotopic (exact) mass is 343 g/mol. The number of urea groups is 1. The number of H-pyrrole nitrogens is 1. The fourth-order valence-corrected chi connectivity index (χ4v) is 2.08. The molecule has 0 unspecified atom stereocenters. The molecule has 0 bridgehead atoms. The second-order valence-corrected chi connectivity index (χ2v) is 5.12. The second kappa shape index (κ2) is 7.39. The van der Waals surface area contributed by atoms with E-state index in [1.54, 1.807) is 18.2 Å². The maximum atomic E-state index is 13.1. The summed E-state index contributed by atoms with van der Waals surface area (Å²) in [4.78, 5) is 29.6. The van der Waals surface area contributed by atoms with Crippen molar-refractivity contribution < 1.29 is 13.7 Å². The van der Waals surface area contributed by atoms with E-state index in [0.29, 0.717) is 11.1 Å². The third kappa shape index (κ3) is 4.50. The lowest BCUT2D eigenvalue weighted by molar-refractivity contribution is 0.238. The van der Waals surface area contributed by atoms with Gasteiger partial charge in [0.2, 0.25) is 17.3 Å². The molecule has 2 aromatic heterocycles. The zero-order chi connectivity index (χ0) is 17.6. The summed E-state index contributed by atoms with van der Waals surface area (Å²) in [5.74, 6) is 0.0807. The van der Waals surface area contributed by atoms with Crippen LogP contribution in [0.15, 0.2) is 51.9 Å². The van der Waals surface area contributed by atoms with Gasteiger partial charge in [0.1, 0.15) is 5.82 Å². The highest BCUT2D eigenvalue weighted by molar-refractivity contribution is 5.73. The average Bonchev–Trinajstić information content (AvgIpc) is 3.07. The van der Waals surface area contributed by atoms with Crippen LogP contribution in [-0.2, 0) is 13.1 Å². The van der Waals surface area contributed by atoms with E-state index in [-0.39, 0.29) is 36.2 Å². The molecule has 3 rings (SSSR count). The van der Waals surface area contributed by atoms with Crippen LogP contribution in [0.1, 0.15) is 11.5 Å². The Morgan fingerprint density at radius 1 is 1.20 bits per heavy atom. The minimum atomic E-state index is -0.458. The fraction of sp³-hybridized carbons (Fsp3) is 0.125. The maximum Gasteiger partial charge on any atom is 0.315 e. The summed E-state index contributed by atoms with van der Waals surface area (Å²) in [5, 5.41) is 8.90. The van der Waals surface area contributed by atoms with Crippen molar-refractivity contribution in [3.8, 4) is 11.4 Å². The minimum Gasteiger partial charge on any atom is -0.337 e. The summed E-state index contributed by atoms with van der Waals surface area (Å²) in [6.07, 6.45) is 1.48. The molecular weight excluding hydrogens is 329 g/mol. The number of hydrogen-bond donors (Lipinski definition) is 3. The maximum absolute atomic E-state index is 13.1. The largest absolute Gasteiger partial charge is 0.337 e. The lowest BCUT2D eigenvalue weighted by Crippen LogP contribution is -2.34. The highest BCUT2D eigenvalue weighted by Crippen LogP contribution is 2.12. The zero-order valence-electron chi connectivity index (χ0n) is 13.0. The van der Waals surface area contributed by atoms with Crippen LogP contribution in [0.4, 0.5) is 9.18 Å². The van der Waals surface area contributed by atoms with Gasteiger partial charge in [-0.1, -0.05) is 17.3 Å². The lowest BCUT2D eigenvalue weighted by atomic mass is 10.2. The van der Waals surface area contributed by atoms with E-state index in [2.05, 4.69) is 25.8 Å². The number of nitrogens with zero attached hydrogens (tertiary/aromatic N) is 2. The Kier molecular flexibility index (Phi) is 4.84. The molecule has 0 atom stereocenters. The van der Waals surface area contributed by atoms with E-state index in [0.717, 1.165) is 0 Å². The number of pyridine rings is 1. The number of aromatic amines is 1. The first kappa shape index (κ1) is 16.4.